The Kier molecular flexibility index (Phi) is 9.16. The molecule has 14 heteroatoms. The highest BCUT2D eigenvalue weighted by molar-refractivity contribution is 5.95. The number of carboxylic acids is 1. The van der Waals surface area contributed by atoms with Crippen LogP contribution in [0.15, 0.2) is 43.0 Å². The predicted molar refractivity (Wildman–Crippen MR) is 135 cm³/mol. The summed E-state index contributed by atoms with van der Waals surface area (Å²) in [6, 6.07) is 2.56. The maximum atomic E-state index is 13.2. The molecule has 4 amide bonds. The van der Waals surface area contributed by atoms with Crippen LogP contribution in [0, 0.1) is 0 Å². The molecule has 38 heavy (non-hydrogen) atoms. The first-order valence-corrected chi connectivity index (χ1v) is 11.7. The Morgan fingerprint density at radius 2 is 1.68 bits per heavy atom. The number of para-hydroxylation sites is 1. The van der Waals surface area contributed by atoms with E-state index in [-0.39, 0.29) is 12.8 Å². The van der Waals surface area contributed by atoms with Gasteiger partial charge in [0.1, 0.15) is 18.1 Å². The van der Waals surface area contributed by atoms with Crippen molar-refractivity contribution in [2.75, 3.05) is 0 Å². The maximum Gasteiger partial charge on any atom is 0.326 e. The lowest BCUT2D eigenvalue weighted by Crippen LogP contribution is -2.57. The van der Waals surface area contributed by atoms with Gasteiger partial charge in [-0.3, -0.25) is 19.2 Å². The standard InChI is InChI=1S/C24H30N8O6/c1-12(21(34)32-19(24(37)38)8-20(26)33)30-23(36)18(6-13-9-28-17-5-3-2-4-15(13)17)31-22(35)16(25)7-14-10-27-11-29-14/h2-5,9-12,16,18-19,28H,6-8,25H2,1H3,(H2,26,33)(H,27,29)(H,30,36)(H,31,35)(H,32,34)(H,37,38). The van der Waals surface area contributed by atoms with E-state index in [2.05, 4.69) is 30.9 Å². The number of aromatic nitrogens is 3. The van der Waals surface area contributed by atoms with E-state index in [1.54, 1.807) is 6.20 Å². The lowest BCUT2D eigenvalue weighted by molar-refractivity contribution is -0.143. The van der Waals surface area contributed by atoms with Gasteiger partial charge in [0, 0.05) is 41.8 Å². The molecule has 0 spiro atoms. The zero-order valence-corrected chi connectivity index (χ0v) is 20.6. The number of fused-ring (bicyclic) bond motifs is 1. The molecule has 0 aliphatic carbocycles. The highest BCUT2D eigenvalue weighted by Gasteiger charge is 2.29. The molecule has 3 rings (SSSR count). The van der Waals surface area contributed by atoms with Crippen molar-refractivity contribution in [2.24, 2.45) is 11.5 Å². The topological polar surface area (TPSA) is 238 Å². The van der Waals surface area contributed by atoms with Crippen LogP contribution in [0.3, 0.4) is 0 Å². The molecule has 1 aromatic carbocycles. The van der Waals surface area contributed by atoms with Crippen LogP contribution in [-0.2, 0) is 36.8 Å². The first-order chi connectivity index (χ1) is 18.0. The normalized spacial score (nSPS) is 14.2. The fraction of sp³-hybridized carbons (Fsp3) is 0.333. The van der Waals surface area contributed by atoms with E-state index in [1.165, 1.54) is 19.4 Å². The van der Waals surface area contributed by atoms with Gasteiger partial charge in [-0.1, -0.05) is 18.2 Å². The van der Waals surface area contributed by atoms with E-state index in [9.17, 15) is 29.1 Å². The molecule has 2 heterocycles. The van der Waals surface area contributed by atoms with E-state index >= 15 is 0 Å². The lowest BCUT2D eigenvalue weighted by Gasteiger charge is -2.23. The van der Waals surface area contributed by atoms with Crippen molar-refractivity contribution in [1.82, 2.24) is 30.9 Å². The Labute approximate surface area is 216 Å². The van der Waals surface area contributed by atoms with E-state index in [1.807, 2.05) is 24.3 Å². The van der Waals surface area contributed by atoms with Gasteiger partial charge in [0.15, 0.2) is 0 Å². The van der Waals surface area contributed by atoms with Crippen LogP contribution in [0.2, 0.25) is 0 Å². The zero-order valence-electron chi connectivity index (χ0n) is 20.6. The van der Waals surface area contributed by atoms with Crippen LogP contribution in [-0.4, -0.2) is 73.8 Å². The number of amides is 4. The molecule has 0 fully saturated rings. The summed E-state index contributed by atoms with van der Waals surface area (Å²) in [5.41, 5.74) is 13.3. The number of aromatic amines is 2. The number of nitrogens with two attached hydrogens (primary N) is 2. The zero-order chi connectivity index (χ0) is 27.8. The molecule has 0 bridgehead atoms. The molecular weight excluding hydrogens is 496 g/mol. The molecule has 202 valence electrons. The van der Waals surface area contributed by atoms with Crippen LogP contribution in [0.25, 0.3) is 10.9 Å². The molecule has 10 N–H and O–H groups in total. The monoisotopic (exact) mass is 526 g/mol. The van der Waals surface area contributed by atoms with Crippen molar-refractivity contribution >= 4 is 40.5 Å². The molecule has 0 saturated heterocycles. The number of aliphatic carboxylic acids is 1. The van der Waals surface area contributed by atoms with Crippen LogP contribution in [0.4, 0.5) is 0 Å². The summed E-state index contributed by atoms with van der Waals surface area (Å²) in [5.74, 6) is -4.50. The number of carbonyl (C=O) groups is 5. The molecule has 3 aromatic rings. The van der Waals surface area contributed by atoms with Crippen molar-refractivity contribution in [3.63, 3.8) is 0 Å². The van der Waals surface area contributed by atoms with E-state index in [0.29, 0.717) is 5.69 Å². The number of H-pyrrole nitrogens is 2. The predicted octanol–water partition coefficient (Wildman–Crippen LogP) is -1.56. The molecule has 0 aliphatic heterocycles. The molecule has 4 unspecified atom stereocenters. The smallest absolute Gasteiger partial charge is 0.326 e. The van der Waals surface area contributed by atoms with E-state index < -0.39 is 60.2 Å². The van der Waals surface area contributed by atoms with Gasteiger partial charge < -0.3 is 42.5 Å². The first-order valence-electron chi connectivity index (χ1n) is 11.7. The van der Waals surface area contributed by atoms with Crippen LogP contribution >= 0.6 is 0 Å². The lowest BCUT2D eigenvalue weighted by atomic mass is 10.0. The number of carbonyl (C=O) groups excluding carboxylic acids is 4. The van der Waals surface area contributed by atoms with Crippen molar-refractivity contribution in [3.8, 4) is 0 Å². The maximum absolute atomic E-state index is 13.2. The summed E-state index contributed by atoms with van der Waals surface area (Å²) in [6.07, 6.45) is 4.33. The van der Waals surface area contributed by atoms with Crippen LogP contribution in [0.1, 0.15) is 24.6 Å². The minimum absolute atomic E-state index is 0.0755. The largest absolute Gasteiger partial charge is 0.480 e. The summed E-state index contributed by atoms with van der Waals surface area (Å²) in [4.78, 5) is 70.9. The average Bonchev–Trinajstić information content (AvgIpc) is 3.52. The summed E-state index contributed by atoms with van der Waals surface area (Å²) in [6.45, 7) is 1.34. The third kappa shape index (κ3) is 7.39. The highest BCUT2D eigenvalue weighted by Crippen LogP contribution is 2.19. The highest BCUT2D eigenvalue weighted by atomic mass is 16.4. The third-order valence-electron chi connectivity index (χ3n) is 5.84. The Bertz CT molecular complexity index is 1300. The van der Waals surface area contributed by atoms with Gasteiger partial charge in [-0.15, -0.1) is 0 Å². The van der Waals surface area contributed by atoms with E-state index in [0.717, 1.165) is 16.5 Å². The van der Waals surface area contributed by atoms with Crippen molar-refractivity contribution in [3.05, 3.63) is 54.2 Å². The Morgan fingerprint density at radius 3 is 2.34 bits per heavy atom. The number of carboxylic acid groups (broad SMARTS) is 1. The molecule has 0 radical (unpaired) electrons. The molecule has 4 atom stereocenters. The minimum Gasteiger partial charge on any atom is -0.480 e. The second-order valence-corrected chi connectivity index (χ2v) is 8.81. The number of hydrogen-bond donors (Lipinski definition) is 8. The number of benzene rings is 1. The molecule has 2 aromatic heterocycles. The number of primary amides is 1. The van der Waals surface area contributed by atoms with Gasteiger partial charge >= 0.3 is 5.97 Å². The fourth-order valence-corrected chi connectivity index (χ4v) is 3.81. The molecule has 14 nitrogen and oxygen atoms in total. The Hall–Kier alpha value is -4.72. The van der Waals surface area contributed by atoms with Gasteiger partial charge in [-0.25, -0.2) is 9.78 Å². The fourth-order valence-electron chi connectivity index (χ4n) is 3.81. The Morgan fingerprint density at radius 1 is 0.974 bits per heavy atom. The third-order valence-corrected chi connectivity index (χ3v) is 5.84. The minimum atomic E-state index is -1.55. The van der Waals surface area contributed by atoms with Gasteiger partial charge in [0.25, 0.3) is 0 Å². The van der Waals surface area contributed by atoms with Crippen molar-refractivity contribution in [1.29, 1.82) is 0 Å². The summed E-state index contributed by atoms with van der Waals surface area (Å²) >= 11 is 0. The molecule has 0 aliphatic rings. The van der Waals surface area contributed by atoms with Gasteiger partial charge in [0.05, 0.1) is 18.8 Å². The van der Waals surface area contributed by atoms with Crippen molar-refractivity contribution in [2.45, 2.75) is 50.4 Å². The molecule has 0 saturated carbocycles. The van der Waals surface area contributed by atoms with Gasteiger partial charge in [-0.2, -0.15) is 0 Å². The number of imidazole rings is 1. The second-order valence-electron chi connectivity index (χ2n) is 8.81. The summed E-state index contributed by atoms with van der Waals surface area (Å²) < 4.78 is 0. The quantitative estimate of drug-likeness (QED) is 0.129. The van der Waals surface area contributed by atoms with Crippen LogP contribution in [0.5, 0.6) is 0 Å². The van der Waals surface area contributed by atoms with Crippen LogP contribution < -0.4 is 27.4 Å². The van der Waals surface area contributed by atoms with E-state index in [4.69, 9.17) is 11.5 Å². The Balaban J connectivity index is 1.74. The SMILES string of the molecule is CC(NC(=O)C(Cc1c[nH]c2ccccc12)NC(=O)C(N)Cc1cnc[nH]1)C(=O)NC(CC(N)=O)C(=O)O. The van der Waals surface area contributed by atoms with Crippen molar-refractivity contribution < 1.29 is 29.1 Å². The number of hydrogen-bond acceptors (Lipinski definition) is 7. The number of rotatable bonds is 13. The summed E-state index contributed by atoms with van der Waals surface area (Å²) in [7, 11) is 0. The number of nitrogens with one attached hydrogen (secondary N) is 5. The number of nitrogens with zero attached hydrogens (tertiary/aromatic N) is 1. The first kappa shape index (κ1) is 27.9. The summed E-state index contributed by atoms with van der Waals surface area (Å²) in [5, 5.41) is 17.4. The second kappa shape index (κ2) is 12.5. The molecular formula is C24H30N8O6. The average molecular weight is 527 g/mol. The van der Waals surface area contributed by atoms with Gasteiger partial charge in [0.2, 0.25) is 23.6 Å². The van der Waals surface area contributed by atoms with Gasteiger partial charge in [-0.05, 0) is 18.6 Å².